The number of aromatic nitrogens is 2. The summed E-state index contributed by atoms with van der Waals surface area (Å²) >= 11 is 1.64. The molecule has 2 N–H and O–H groups in total. The van der Waals surface area contributed by atoms with Gasteiger partial charge in [-0.1, -0.05) is 5.16 Å². The molecule has 2 aromatic rings. The van der Waals surface area contributed by atoms with Gasteiger partial charge in [0.2, 0.25) is 11.7 Å². The van der Waals surface area contributed by atoms with E-state index in [1.807, 2.05) is 19.1 Å². The van der Waals surface area contributed by atoms with Crippen LogP contribution in [-0.4, -0.2) is 10.1 Å². The Balaban J connectivity index is 2.35. The second-order valence-corrected chi connectivity index (χ2v) is 3.91. The van der Waals surface area contributed by atoms with Crippen LogP contribution in [0.15, 0.2) is 16.7 Å². The van der Waals surface area contributed by atoms with Crippen molar-refractivity contribution in [3.8, 4) is 10.7 Å². The Morgan fingerprint density at radius 1 is 1.54 bits per heavy atom. The van der Waals surface area contributed by atoms with Gasteiger partial charge in [0.25, 0.3) is 0 Å². The van der Waals surface area contributed by atoms with Gasteiger partial charge in [-0.3, -0.25) is 0 Å². The number of hydrogen-bond donors (Lipinski definition) is 1. The molecule has 68 valence electrons. The van der Waals surface area contributed by atoms with Crippen molar-refractivity contribution in [1.82, 2.24) is 10.1 Å². The lowest BCUT2D eigenvalue weighted by atomic mass is 10.4. The Hall–Kier alpha value is -1.20. The quantitative estimate of drug-likeness (QED) is 0.789. The predicted octanol–water partition coefficient (Wildman–Crippen LogP) is 1.57. The van der Waals surface area contributed by atoms with Crippen molar-refractivity contribution >= 4 is 11.3 Å². The van der Waals surface area contributed by atoms with Crippen LogP contribution in [0.5, 0.6) is 0 Å². The highest BCUT2D eigenvalue weighted by Gasteiger charge is 2.08. The minimum atomic E-state index is 0.289. The lowest BCUT2D eigenvalue weighted by Gasteiger charge is -1.82. The van der Waals surface area contributed by atoms with Crippen LogP contribution in [0.3, 0.4) is 0 Å². The molecule has 2 aromatic heterocycles. The highest BCUT2D eigenvalue weighted by Crippen LogP contribution is 2.24. The molecule has 0 aliphatic rings. The van der Waals surface area contributed by atoms with E-state index in [0.29, 0.717) is 11.7 Å². The molecule has 0 saturated heterocycles. The van der Waals surface area contributed by atoms with Crippen molar-refractivity contribution in [1.29, 1.82) is 0 Å². The molecule has 4 nitrogen and oxygen atoms in total. The van der Waals surface area contributed by atoms with Crippen molar-refractivity contribution in [3.05, 3.63) is 22.9 Å². The van der Waals surface area contributed by atoms with E-state index in [-0.39, 0.29) is 6.54 Å². The van der Waals surface area contributed by atoms with Crippen LogP contribution < -0.4 is 5.73 Å². The van der Waals surface area contributed by atoms with Gasteiger partial charge in [-0.2, -0.15) is 4.98 Å². The molecule has 0 aliphatic heterocycles. The molecule has 2 rings (SSSR count). The fraction of sp³-hybridized carbons (Fsp3) is 0.250. The Bertz CT molecular complexity index is 407. The third-order valence-corrected chi connectivity index (χ3v) is 2.60. The summed E-state index contributed by atoms with van der Waals surface area (Å²) in [6.07, 6.45) is 0. The summed E-state index contributed by atoms with van der Waals surface area (Å²) in [5.74, 6) is 1.10. The molecule has 0 atom stereocenters. The first-order chi connectivity index (χ1) is 6.29. The molecule has 0 fully saturated rings. The van der Waals surface area contributed by atoms with Gasteiger partial charge in [-0.05, 0) is 19.1 Å². The van der Waals surface area contributed by atoms with Gasteiger partial charge in [0.05, 0.1) is 11.4 Å². The fourth-order valence-corrected chi connectivity index (χ4v) is 1.79. The SMILES string of the molecule is Cc1ccc(-c2noc(CN)n2)s1. The summed E-state index contributed by atoms with van der Waals surface area (Å²) in [6.45, 7) is 2.33. The smallest absolute Gasteiger partial charge is 0.240 e. The average molecular weight is 195 g/mol. The Morgan fingerprint density at radius 3 is 2.92 bits per heavy atom. The van der Waals surface area contributed by atoms with Crippen LogP contribution in [0.4, 0.5) is 0 Å². The monoisotopic (exact) mass is 195 g/mol. The number of hydrogen-bond acceptors (Lipinski definition) is 5. The van der Waals surface area contributed by atoms with Gasteiger partial charge in [-0.25, -0.2) is 0 Å². The Labute approximate surface area is 79.4 Å². The normalized spacial score (nSPS) is 10.6. The predicted molar refractivity (Wildman–Crippen MR) is 50.2 cm³/mol. The van der Waals surface area contributed by atoms with E-state index in [9.17, 15) is 0 Å². The topological polar surface area (TPSA) is 64.9 Å². The Morgan fingerprint density at radius 2 is 2.38 bits per heavy atom. The van der Waals surface area contributed by atoms with E-state index in [1.54, 1.807) is 11.3 Å². The number of nitrogens with zero attached hydrogens (tertiary/aromatic N) is 2. The van der Waals surface area contributed by atoms with Crippen molar-refractivity contribution in [2.45, 2.75) is 13.5 Å². The first-order valence-corrected chi connectivity index (χ1v) is 4.70. The zero-order valence-corrected chi connectivity index (χ0v) is 7.97. The molecule has 0 aromatic carbocycles. The van der Waals surface area contributed by atoms with Crippen LogP contribution >= 0.6 is 11.3 Å². The maximum atomic E-state index is 5.35. The van der Waals surface area contributed by atoms with Crippen molar-refractivity contribution in [2.24, 2.45) is 5.73 Å². The van der Waals surface area contributed by atoms with Crippen LogP contribution in [0.1, 0.15) is 10.8 Å². The molecule has 0 amide bonds. The number of nitrogens with two attached hydrogens (primary N) is 1. The molecule has 0 aliphatic carbocycles. The summed E-state index contributed by atoms with van der Waals surface area (Å²) in [5.41, 5.74) is 5.35. The molecule has 13 heavy (non-hydrogen) atoms. The third-order valence-electron chi connectivity index (χ3n) is 1.60. The molecule has 0 spiro atoms. The van der Waals surface area contributed by atoms with E-state index in [1.165, 1.54) is 4.88 Å². The van der Waals surface area contributed by atoms with E-state index in [0.717, 1.165) is 4.88 Å². The maximum Gasteiger partial charge on any atom is 0.240 e. The van der Waals surface area contributed by atoms with Crippen LogP contribution in [-0.2, 0) is 6.54 Å². The highest BCUT2D eigenvalue weighted by molar-refractivity contribution is 7.15. The minimum absolute atomic E-state index is 0.289. The number of aryl methyl sites for hydroxylation is 1. The molecule has 0 bridgehead atoms. The van der Waals surface area contributed by atoms with E-state index < -0.39 is 0 Å². The molecule has 2 heterocycles. The van der Waals surface area contributed by atoms with Crippen LogP contribution in [0.2, 0.25) is 0 Å². The second-order valence-electron chi connectivity index (χ2n) is 2.63. The minimum Gasteiger partial charge on any atom is -0.338 e. The molecular formula is C8H9N3OS. The first-order valence-electron chi connectivity index (χ1n) is 3.89. The van der Waals surface area contributed by atoms with Gasteiger partial charge in [-0.15, -0.1) is 11.3 Å². The van der Waals surface area contributed by atoms with Gasteiger partial charge in [0, 0.05) is 4.88 Å². The number of thiophene rings is 1. The third kappa shape index (κ3) is 1.61. The molecule has 0 saturated carbocycles. The van der Waals surface area contributed by atoms with Crippen LogP contribution in [0.25, 0.3) is 10.7 Å². The highest BCUT2D eigenvalue weighted by atomic mass is 32.1. The largest absolute Gasteiger partial charge is 0.338 e. The van der Waals surface area contributed by atoms with Gasteiger partial charge >= 0.3 is 0 Å². The maximum absolute atomic E-state index is 5.35. The van der Waals surface area contributed by atoms with Gasteiger partial charge in [0.1, 0.15) is 0 Å². The number of rotatable bonds is 2. The molecule has 0 radical (unpaired) electrons. The average Bonchev–Trinajstić information content (AvgIpc) is 2.71. The summed E-state index contributed by atoms with van der Waals surface area (Å²) in [5, 5.41) is 3.81. The zero-order valence-electron chi connectivity index (χ0n) is 7.15. The molecule has 0 unspecified atom stereocenters. The summed E-state index contributed by atoms with van der Waals surface area (Å²) < 4.78 is 4.90. The second kappa shape index (κ2) is 3.27. The van der Waals surface area contributed by atoms with E-state index in [2.05, 4.69) is 10.1 Å². The van der Waals surface area contributed by atoms with Crippen molar-refractivity contribution in [2.75, 3.05) is 0 Å². The van der Waals surface area contributed by atoms with Crippen LogP contribution in [0, 0.1) is 6.92 Å². The van der Waals surface area contributed by atoms with Gasteiger partial charge < -0.3 is 10.3 Å². The van der Waals surface area contributed by atoms with Crippen molar-refractivity contribution < 1.29 is 4.52 Å². The summed E-state index contributed by atoms with van der Waals surface area (Å²) in [4.78, 5) is 6.37. The summed E-state index contributed by atoms with van der Waals surface area (Å²) in [6, 6.07) is 4.00. The molecular weight excluding hydrogens is 186 g/mol. The lowest BCUT2D eigenvalue weighted by Crippen LogP contribution is -1.95. The zero-order chi connectivity index (χ0) is 9.26. The van der Waals surface area contributed by atoms with E-state index in [4.69, 9.17) is 10.3 Å². The summed E-state index contributed by atoms with van der Waals surface area (Å²) in [7, 11) is 0. The standard InChI is InChI=1S/C8H9N3OS/c1-5-2-3-6(13-5)8-10-7(4-9)12-11-8/h2-3H,4,9H2,1H3. The fourth-order valence-electron chi connectivity index (χ4n) is 0.993. The van der Waals surface area contributed by atoms with E-state index >= 15 is 0 Å². The van der Waals surface area contributed by atoms with Crippen molar-refractivity contribution in [3.63, 3.8) is 0 Å². The Kier molecular flexibility index (Phi) is 2.12. The molecule has 5 heteroatoms. The van der Waals surface area contributed by atoms with Gasteiger partial charge in [0.15, 0.2) is 0 Å². The lowest BCUT2D eigenvalue weighted by molar-refractivity contribution is 0.380. The first kappa shape index (κ1) is 8.40.